The van der Waals surface area contributed by atoms with Gasteiger partial charge in [0.25, 0.3) is 0 Å². The molecule has 2 fully saturated rings. The van der Waals surface area contributed by atoms with E-state index in [1.807, 2.05) is 4.90 Å². The summed E-state index contributed by atoms with van der Waals surface area (Å²) in [6.07, 6.45) is 8.35. The number of piperidine rings is 1. The highest BCUT2D eigenvalue weighted by molar-refractivity contribution is 5.80. The second kappa shape index (κ2) is 8.22. The van der Waals surface area contributed by atoms with Gasteiger partial charge in [-0.3, -0.25) is 9.20 Å². The lowest BCUT2D eigenvalue weighted by atomic mass is 10.00. The van der Waals surface area contributed by atoms with Crippen LogP contribution >= 0.6 is 0 Å². The third-order valence-corrected chi connectivity index (χ3v) is 6.24. The Morgan fingerprint density at radius 2 is 2.06 bits per heavy atom. The van der Waals surface area contributed by atoms with Crippen molar-refractivity contribution in [1.82, 2.24) is 24.3 Å². The number of hydrogen-bond acceptors (Lipinski definition) is 6. The summed E-state index contributed by atoms with van der Waals surface area (Å²) < 4.78 is 15.3. The summed E-state index contributed by atoms with van der Waals surface area (Å²) in [6.45, 7) is 1.31. The minimum absolute atomic E-state index is 0.0626. The molecular weight excluding hydrogens is 399 g/mol. The Hall–Kier alpha value is -3.07. The molecule has 2 N–H and O–H groups in total. The van der Waals surface area contributed by atoms with Gasteiger partial charge in [-0.2, -0.15) is 0 Å². The van der Waals surface area contributed by atoms with Crippen LogP contribution in [0.4, 0.5) is 10.2 Å². The number of aromatic nitrogens is 4. The van der Waals surface area contributed by atoms with E-state index in [-0.39, 0.29) is 23.7 Å². The molecule has 4 heterocycles. The third kappa shape index (κ3) is 3.97. The zero-order chi connectivity index (χ0) is 21.4. The van der Waals surface area contributed by atoms with Crippen LogP contribution in [0.1, 0.15) is 32.1 Å². The van der Waals surface area contributed by atoms with Gasteiger partial charge in [-0.15, -0.1) is 0 Å². The Morgan fingerprint density at radius 3 is 2.90 bits per heavy atom. The van der Waals surface area contributed by atoms with Crippen molar-refractivity contribution >= 4 is 17.4 Å². The zero-order valence-corrected chi connectivity index (χ0v) is 17.1. The molecule has 0 bridgehead atoms. The van der Waals surface area contributed by atoms with E-state index < -0.39 is 6.10 Å². The molecule has 2 aliphatic rings. The molecule has 5 rings (SSSR count). The van der Waals surface area contributed by atoms with Crippen LogP contribution < -0.4 is 5.32 Å². The molecule has 0 spiro atoms. The molecule has 1 amide bonds. The van der Waals surface area contributed by atoms with Crippen LogP contribution in [-0.4, -0.2) is 60.5 Å². The number of nitrogens with zero attached hydrogens (tertiary/aromatic N) is 5. The number of anilines is 1. The van der Waals surface area contributed by atoms with Crippen LogP contribution in [0.5, 0.6) is 0 Å². The smallest absolute Gasteiger partial charge is 0.228 e. The van der Waals surface area contributed by atoms with Crippen molar-refractivity contribution in [2.45, 2.75) is 44.2 Å². The summed E-state index contributed by atoms with van der Waals surface area (Å²) in [4.78, 5) is 27.9. The quantitative estimate of drug-likeness (QED) is 0.668. The number of carbonyl (C=O) groups excluding carboxylic acids is 1. The fourth-order valence-corrected chi connectivity index (χ4v) is 4.65. The lowest BCUT2D eigenvalue weighted by Crippen LogP contribution is -2.48. The van der Waals surface area contributed by atoms with Crippen LogP contribution in [0.2, 0.25) is 0 Å². The molecule has 0 aromatic carbocycles. The zero-order valence-electron chi connectivity index (χ0n) is 17.1. The lowest BCUT2D eigenvalue weighted by molar-refractivity contribution is -0.139. The van der Waals surface area contributed by atoms with Crippen molar-refractivity contribution in [2.24, 2.45) is 5.92 Å². The summed E-state index contributed by atoms with van der Waals surface area (Å²) >= 11 is 0. The van der Waals surface area contributed by atoms with Gasteiger partial charge in [0.2, 0.25) is 5.91 Å². The number of rotatable bonds is 4. The van der Waals surface area contributed by atoms with Gasteiger partial charge in [0, 0.05) is 31.5 Å². The van der Waals surface area contributed by atoms with Gasteiger partial charge in [0.1, 0.15) is 23.0 Å². The molecule has 162 valence electrons. The van der Waals surface area contributed by atoms with Gasteiger partial charge in [-0.1, -0.05) is 0 Å². The number of pyridine rings is 1. The number of nitrogens with one attached hydrogen (secondary N) is 1. The highest BCUT2D eigenvalue weighted by atomic mass is 19.1. The monoisotopic (exact) mass is 424 g/mol. The van der Waals surface area contributed by atoms with Gasteiger partial charge in [-0.05, 0) is 50.3 Å². The molecule has 31 heavy (non-hydrogen) atoms. The summed E-state index contributed by atoms with van der Waals surface area (Å²) in [7, 11) is 0. The van der Waals surface area contributed by atoms with Crippen molar-refractivity contribution in [2.75, 3.05) is 18.4 Å². The van der Waals surface area contributed by atoms with Crippen molar-refractivity contribution in [3.05, 3.63) is 42.6 Å². The van der Waals surface area contributed by atoms with E-state index in [0.717, 1.165) is 32.2 Å². The topological polar surface area (TPSA) is 95.7 Å². The maximum absolute atomic E-state index is 13.7. The number of imidazole rings is 1. The van der Waals surface area contributed by atoms with Gasteiger partial charge in [0.15, 0.2) is 5.82 Å². The number of fused-ring (bicyclic) bond motifs is 1. The van der Waals surface area contributed by atoms with E-state index in [0.29, 0.717) is 35.9 Å². The molecule has 3 aromatic rings. The van der Waals surface area contributed by atoms with Crippen LogP contribution in [-0.2, 0) is 4.79 Å². The lowest BCUT2D eigenvalue weighted by Gasteiger charge is -2.35. The molecule has 1 saturated heterocycles. The number of aliphatic hydroxyl groups is 1. The predicted octanol–water partition coefficient (Wildman–Crippen LogP) is 2.49. The summed E-state index contributed by atoms with van der Waals surface area (Å²) in [5.41, 5.74) is 1.22. The second-order valence-corrected chi connectivity index (χ2v) is 8.36. The Balaban J connectivity index is 1.31. The third-order valence-electron chi connectivity index (χ3n) is 6.24. The molecule has 1 aliphatic heterocycles. The highest BCUT2D eigenvalue weighted by Gasteiger charge is 2.36. The number of aliphatic hydroxyl groups excluding tert-OH is 1. The van der Waals surface area contributed by atoms with Crippen molar-refractivity contribution in [3.8, 4) is 11.5 Å². The van der Waals surface area contributed by atoms with E-state index in [1.165, 1.54) is 12.3 Å². The molecule has 3 unspecified atom stereocenters. The van der Waals surface area contributed by atoms with E-state index in [1.54, 1.807) is 28.9 Å². The first-order valence-electron chi connectivity index (χ1n) is 10.8. The summed E-state index contributed by atoms with van der Waals surface area (Å²) in [5, 5.41) is 13.5. The van der Waals surface area contributed by atoms with E-state index in [2.05, 4.69) is 20.3 Å². The summed E-state index contributed by atoms with van der Waals surface area (Å²) in [5.74, 6) is 0.533. The van der Waals surface area contributed by atoms with Gasteiger partial charge < -0.3 is 15.3 Å². The van der Waals surface area contributed by atoms with E-state index in [9.17, 15) is 14.3 Å². The van der Waals surface area contributed by atoms with Crippen LogP contribution in [0.25, 0.3) is 17.2 Å². The van der Waals surface area contributed by atoms with Crippen LogP contribution in [0.3, 0.4) is 0 Å². The van der Waals surface area contributed by atoms with Crippen LogP contribution in [0, 0.1) is 11.7 Å². The highest BCUT2D eigenvalue weighted by Crippen LogP contribution is 2.29. The van der Waals surface area contributed by atoms with Gasteiger partial charge in [-0.25, -0.2) is 19.3 Å². The molecule has 0 radical (unpaired) electrons. The van der Waals surface area contributed by atoms with E-state index in [4.69, 9.17) is 0 Å². The molecule has 3 aromatic heterocycles. The number of amides is 1. The normalized spacial score (nSPS) is 23.9. The summed E-state index contributed by atoms with van der Waals surface area (Å²) in [6, 6.07) is 4.83. The average Bonchev–Trinajstić information content (AvgIpc) is 3.39. The largest absolute Gasteiger partial charge is 0.392 e. The SMILES string of the molecule is O=C(C1CCCC1O)N1CCCC(Nc2ccnc(-c3cnc4ccc(F)cn34)n2)C1. The van der Waals surface area contributed by atoms with Gasteiger partial charge in [0.05, 0.1) is 18.2 Å². The minimum atomic E-state index is -0.513. The standard InChI is InChI=1S/C22H25FN6O2/c23-14-6-7-20-25-11-17(29(20)12-14)21-24-9-8-19(27-21)26-15-3-2-10-28(13-15)22(31)16-4-1-5-18(16)30/h6-9,11-12,15-16,18,30H,1-5,10,13H2,(H,24,26,27). The molecular formula is C22H25FN6O2. The minimum Gasteiger partial charge on any atom is -0.392 e. The molecule has 3 atom stereocenters. The van der Waals surface area contributed by atoms with E-state index >= 15 is 0 Å². The van der Waals surface area contributed by atoms with Crippen molar-refractivity contribution in [3.63, 3.8) is 0 Å². The second-order valence-electron chi connectivity index (χ2n) is 8.36. The number of hydrogen-bond donors (Lipinski definition) is 2. The first-order valence-corrected chi connectivity index (χ1v) is 10.8. The number of likely N-dealkylation sites (tertiary alicyclic amines) is 1. The Morgan fingerprint density at radius 1 is 1.16 bits per heavy atom. The first kappa shape index (κ1) is 19.9. The van der Waals surface area contributed by atoms with Crippen molar-refractivity contribution in [1.29, 1.82) is 0 Å². The first-order chi connectivity index (χ1) is 15.1. The molecule has 1 saturated carbocycles. The predicted molar refractivity (Wildman–Crippen MR) is 113 cm³/mol. The maximum Gasteiger partial charge on any atom is 0.228 e. The molecule has 8 nitrogen and oxygen atoms in total. The average molecular weight is 424 g/mol. The van der Waals surface area contributed by atoms with Crippen molar-refractivity contribution < 1.29 is 14.3 Å². The Bertz CT molecular complexity index is 1100. The maximum atomic E-state index is 13.7. The van der Waals surface area contributed by atoms with Gasteiger partial charge >= 0.3 is 0 Å². The Labute approximate surface area is 179 Å². The fourth-order valence-electron chi connectivity index (χ4n) is 4.65. The fraction of sp³-hybridized carbons (Fsp3) is 0.455. The Kier molecular flexibility index (Phi) is 5.27. The number of halogens is 1. The molecule has 9 heteroatoms. The van der Waals surface area contributed by atoms with Crippen LogP contribution in [0.15, 0.2) is 36.8 Å². The number of carbonyl (C=O) groups is 1. The molecule has 1 aliphatic carbocycles.